The highest BCUT2D eigenvalue weighted by Crippen LogP contribution is 2.22. The van der Waals surface area contributed by atoms with Gasteiger partial charge in [-0.1, -0.05) is 53.5 Å². The summed E-state index contributed by atoms with van der Waals surface area (Å²) in [6, 6.07) is 12.3. The smallest absolute Gasteiger partial charge is 0.261 e. The molecule has 2 aromatic carbocycles. The summed E-state index contributed by atoms with van der Waals surface area (Å²) in [7, 11) is 0. The van der Waals surface area contributed by atoms with Gasteiger partial charge in [-0.3, -0.25) is 9.59 Å². The van der Waals surface area contributed by atoms with Crippen LogP contribution in [0.15, 0.2) is 46.9 Å². The molecule has 7 heteroatoms. The molecule has 5 nitrogen and oxygen atoms in total. The van der Waals surface area contributed by atoms with Crippen molar-refractivity contribution >= 4 is 39.3 Å². The van der Waals surface area contributed by atoms with Crippen LogP contribution in [0.5, 0.6) is 5.75 Å². The van der Waals surface area contributed by atoms with Crippen molar-refractivity contribution in [2.75, 3.05) is 6.61 Å². The second-order valence-electron chi connectivity index (χ2n) is 7.59. The second-order valence-corrected chi connectivity index (χ2v) is 8.88. The van der Waals surface area contributed by atoms with E-state index in [0.717, 1.165) is 22.0 Å². The van der Waals surface area contributed by atoms with Crippen LogP contribution in [0.3, 0.4) is 0 Å². The van der Waals surface area contributed by atoms with Crippen LogP contribution in [0.1, 0.15) is 44.7 Å². The molecule has 0 saturated heterocycles. The number of benzene rings is 2. The minimum atomic E-state index is -0.590. The molecule has 0 aliphatic heterocycles. The first kappa shape index (κ1) is 25.2. The van der Waals surface area contributed by atoms with E-state index in [4.69, 9.17) is 16.3 Å². The Balaban J connectivity index is 2.21. The maximum Gasteiger partial charge on any atom is 0.261 e. The lowest BCUT2D eigenvalue weighted by Crippen LogP contribution is -2.51. The fourth-order valence-corrected chi connectivity index (χ4v) is 3.45. The van der Waals surface area contributed by atoms with Gasteiger partial charge in [0.15, 0.2) is 6.61 Å². The van der Waals surface area contributed by atoms with Crippen molar-refractivity contribution in [2.45, 2.75) is 59.2 Å². The number of halogens is 2. The van der Waals surface area contributed by atoms with Gasteiger partial charge in [-0.15, -0.1) is 0 Å². The number of hydrogen-bond donors (Lipinski definition) is 1. The second kappa shape index (κ2) is 12.1. The Morgan fingerprint density at radius 1 is 1.13 bits per heavy atom. The molecule has 0 aliphatic carbocycles. The number of amides is 2. The molecule has 2 aromatic rings. The first-order valence-corrected chi connectivity index (χ1v) is 11.6. The molecule has 31 heavy (non-hydrogen) atoms. The molecule has 0 aromatic heterocycles. The van der Waals surface area contributed by atoms with Crippen LogP contribution in [0.2, 0.25) is 5.02 Å². The predicted octanol–water partition coefficient (Wildman–Crippen LogP) is 5.51. The van der Waals surface area contributed by atoms with E-state index < -0.39 is 6.04 Å². The highest BCUT2D eigenvalue weighted by molar-refractivity contribution is 9.10. The maximum absolute atomic E-state index is 13.2. The third kappa shape index (κ3) is 7.54. The molecule has 0 heterocycles. The van der Waals surface area contributed by atoms with Gasteiger partial charge in [0, 0.05) is 22.1 Å². The summed E-state index contributed by atoms with van der Waals surface area (Å²) in [5.41, 5.74) is 1.91. The monoisotopic (exact) mass is 508 g/mol. The van der Waals surface area contributed by atoms with E-state index in [-0.39, 0.29) is 24.5 Å². The van der Waals surface area contributed by atoms with Crippen LogP contribution in [-0.2, 0) is 16.1 Å². The van der Waals surface area contributed by atoms with Crippen molar-refractivity contribution < 1.29 is 14.3 Å². The molecular formula is C24H30BrClN2O3. The fourth-order valence-electron chi connectivity index (χ4n) is 3.08. The summed E-state index contributed by atoms with van der Waals surface area (Å²) in [6.45, 7) is 7.97. The Morgan fingerprint density at radius 3 is 2.39 bits per heavy atom. The van der Waals surface area contributed by atoms with Gasteiger partial charge in [0.25, 0.3) is 5.91 Å². The van der Waals surface area contributed by atoms with Gasteiger partial charge < -0.3 is 15.0 Å². The third-order valence-electron chi connectivity index (χ3n) is 5.14. The van der Waals surface area contributed by atoms with Crippen molar-refractivity contribution in [1.82, 2.24) is 10.2 Å². The number of carbonyl (C=O) groups excluding carboxylic acids is 2. The molecule has 0 radical (unpaired) electrons. The SMILES string of the molecule is CC[C@@H](C)NC(=O)[C@H](CC)N(Cc1ccc(Cl)cc1)C(=O)COc1ccc(Br)c(C)c1. The zero-order valence-electron chi connectivity index (χ0n) is 18.5. The summed E-state index contributed by atoms with van der Waals surface area (Å²) in [6.07, 6.45) is 1.32. The third-order valence-corrected chi connectivity index (χ3v) is 6.29. The van der Waals surface area contributed by atoms with Crippen LogP contribution in [-0.4, -0.2) is 35.4 Å². The Bertz CT molecular complexity index is 889. The van der Waals surface area contributed by atoms with Crippen molar-refractivity contribution in [3.8, 4) is 5.75 Å². The first-order chi connectivity index (χ1) is 14.7. The van der Waals surface area contributed by atoms with Crippen LogP contribution < -0.4 is 10.1 Å². The van der Waals surface area contributed by atoms with E-state index in [1.165, 1.54) is 0 Å². The molecule has 2 atom stereocenters. The Kier molecular flexibility index (Phi) is 9.85. The van der Waals surface area contributed by atoms with E-state index in [1.54, 1.807) is 23.1 Å². The molecular weight excluding hydrogens is 480 g/mol. The van der Waals surface area contributed by atoms with E-state index in [9.17, 15) is 9.59 Å². The summed E-state index contributed by atoms with van der Waals surface area (Å²) >= 11 is 9.46. The lowest BCUT2D eigenvalue weighted by Gasteiger charge is -2.31. The molecule has 0 fully saturated rings. The molecule has 2 amide bonds. The average molecular weight is 510 g/mol. The van der Waals surface area contributed by atoms with Gasteiger partial charge in [0.1, 0.15) is 11.8 Å². The summed E-state index contributed by atoms with van der Waals surface area (Å²) < 4.78 is 6.73. The van der Waals surface area contributed by atoms with Gasteiger partial charge >= 0.3 is 0 Å². The first-order valence-electron chi connectivity index (χ1n) is 10.5. The number of nitrogens with one attached hydrogen (secondary N) is 1. The fraction of sp³-hybridized carbons (Fsp3) is 0.417. The van der Waals surface area contributed by atoms with E-state index in [0.29, 0.717) is 23.7 Å². The van der Waals surface area contributed by atoms with Crippen LogP contribution >= 0.6 is 27.5 Å². The number of ether oxygens (including phenoxy) is 1. The maximum atomic E-state index is 13.2. The highest BCUT2D eigenvalue weighted by Gasteiger charge is 2.29. The molecule has 0 unspecified atom stereocenters. The Labute approximate surface area is 198 Å². The van der Waals surface area contributed by atoms with E-state index >= 15 is 0 Å². The Morgan fingerprint density at radius 2 is 1.81 bits per heavy atom. The van der Waals surface area contributed by atoms with Crippen molar-refractivity contribution in [3.05, 3.63) is 63.1 Å². The number of rotatable bonds is 10. The normalized spacial score (nSPS) is 12.7. The predicted molar refractivity (Wildman–Crippen MR) is 128 cm³/mol. The van der Waals surface area contributed by atoms with E-state index in [1.807, 2.05) is 52.0 Å². The zero-order valence-corrected chi connectivity index (χ0v) is 20.8. The van der Waals surface area contributed by atoms with Crippen molar-refractivity contribution in [1.29, 1.82) is 0 Å². The van der Waals surface area contributed by atoms with Crippen LogP contribution in [0.25, 0.3) is 0 Å². The van der Waals surface area contributed by atoms with Gasteiger partial charge in [0.05, 0.1) is 0 Å². The van der Waals surface area contributed by atoms with Gasteiger partial charge in [-0.05, 0) is 68.1 Å². The highest BCUT2D eigenvalue weighted by atomic mass is 79.9. The Hall–Kier alpha value is -2.05. The molecule has 0 bridgehead atoms. The zero-order chi connectivity index (χ0) is 23.0. The van der Waals surface area contributed by atoms with Crippen LogP contribution in [0.4, 0.5) is 0 Å². The topological polar surface area (TPSA) is 58.6 Å². The molecule has 1 N–H and O–H groups in total. The summed E-state index contributed by atoms with van der Waals surface area (Å²) in [4.78, 5) is 27.7. The molecule has 2 rings (SSSR count). The number of hydrogen-bond acceptors (Lipinski definition) is 3. The summed E-state index contributed by atoms with van der Waals surface area (Å²) in [5.74, 6) is 0.206. The number of carbonyl (C=O) groups is 2. The molecule has 168 valence electrons. The molecule has 0 aliphatic rings. The van der Waals surface area contributed by atoms with Gasteiger partial charge in [0.2, 0.25) is 5.91 Å². The van der Waals surface area contributed by atoms with Crippen molar-refractivity contribution in [2.24, 2.45) is 0 Å². The average Bonchev–Trinajstić information content (AvgIpc) is 2.75. The van der Waals surface area contributed by atoms with E-state index in [2.05, 4.69) is 21.2 Å². The number of nitrogens with zero attached hydrogens (tertiary/aromatic N) is 1. The summed E-state index contributed by atoms with van der Waals surface area (Å²) in [5, 5.41) is 3.62. The van der Waals surface area contributed by atoms with Crippen LogP contribution in [0, 0.1) is 6.92 Å². The van der Waals surface area contributed by atoms with Gasteiger partial charge in [-0.25, -0.2) is 0 Å². The quantitative estimate of drug-likeness (QED) is 0.459. The molecule has 0 spiro atoms. The lowest BCUT2D eigenvalue weighted by molar-refractivity contribution is -0.143. The molecule has 0 saturated carbocycles. The number of aryl methyl sites for hydroxylation is 1. The lowest BCUT2D eigenvalue weighted by atomic mass is 10.1. The largest absolute Gasteiger partial charge is 0.484 e. The minimum absolute atomic E-state index is 0.0380. The van der Waals surface area contributed by atoms with Gasteiger partial charge in [-0.2, -0.15) is 0 Å². The minimum Gasteiger partial charge on any atom is -0.484 e. The van der Waals surface area contributed by atoms with Crippen molar-refractivity contribution in [3.63, 3.8) is 0 Å². The standard InChI is InChI=1S/C24H30BrClN2O3/c1-5-17(4)27-24(30)22(6-2)28(14-18-7-9-19(26)10-8-18)23(29)15-31-20-11-12-21(25)16(3)13-20/h7-13,17,22H,5-6,14-15H2,1-4H3,(H,27,30)/t17-,22+/m1/s1.